The average Bonchev–Trinajstić information content (AvgIpc) is 2.42. The molecule has 0 unspecified atom stereocenters. The molecular formula is C15H14ClFN2O2. The lowest BCUT2D eigenvalue weighted by molar-refractivity contribution is 0.0697. The van der Waals surface area contributed by atoms with Gasteiger partial charge in [-0.3, -0.25) is 0 Å². The van der Waals surface area contributed by atoms with Crippen LogP contribution in [0.1, 0.15) is 15.9 Å². The first-order valence-electron chi connectivity index (χ1n) is 6.17. The molecule has 0 aliphatic rings. The highest BCUT2D eigenvalue weighted by atomic mass is 35.5. The number of anilines is 2. The van der Waals surface area contributed by atoms with Gasteiger partial charge in [0.1, 0.15) is 5.82 Å². The van der Waals surface area contributed by atoms with Crippen molar-refractivity contribution < 1.29 is 14.3 Å². The van der Waals surface area contributed by atoms with E-state index in [0.29, 0.717) is 22.0 Å². The summed E-state index contributed by atoms with van der Waals surface area (Å²) in [6.07, 6.45) is 0. The number of nitrogens with two attached hydrogens (primary N) is 1. The van der Waals surface area contributed by atoms with Gasteiger partial charge in [-0.25, -0.2) is 9.18 Å². The molecule has 6 heteroatoms. The first-order valence-corrected chi connectivity index (χ1v) is 6.54. The molecule has 0 atom stereocenters. The third-order valence-corrected chi connectivity index (χ3v) is 3.47. The zero-order valence-corrected chi connectivity index (χ0v) is 12.1. The Bertz CT molecular complexity index is 671. The van der Waals surface area contributed by atoms with Gasteiger partial charge >= 0.3 is 5.97 Å². The van der Waals surface area contributed by atoms with Gasteiger partial charge in [-0.05, 0) is 30.3 Å². The van der Waals surface area contributed by atoms with Gasteiger partial charge in [-0.15, -0.1) is 0 Å². The molecule has 0 heterocycles. The number of benzene rings is 2. The summed E-state index contributed by atoms with van der Waals surface area (Å²) in [6.45, 7) is 0.149. The van der Waals surface area contributed by atoms with E-state index in [-0.39, 0.29) is 12.1 Å². The topological polar surface area (TPSA) is 66.6 Å². The second-order valence-electron chi connectivity index (χ2n) is 4.64. The molecule has 0 fully saturated rings. The summed E-state index contributed by atoms with van der Waals surface area (Å²) in [6, 6.07) is 8.99. The van der Waals surface area contributed by atoms with Crippen LogP contribution in [0.4, 0.5) is 15.8 Å². The lowest BCUT2D eigenvalue weighted by atomic mass is 10.1. The van der Waals surface area contributed by atoms with Crippen molar-refractivity contribution in [2.45, 2.75) is 6.54 Å². The Hall–Kier alpha value is -2.27. The Kier molecular flexibility index (Phi) is 4.33. The van der Waals surface area contributed by atoms with Gasteiger partial charge in [-0.1, -0.05) is 17.7 Å². The van der Waals surface area contributed by atoms with Gasteiger partial charge in [0.2, 0.25) is 0 Å². The maximum Gasteiger partial charge on any atom is 0.337 e. The number of carboxylic acid groups (broad SMARTS) is 1. The van der Waals surface area contributed by atoms with Crippen LogP contribution in [0.3, 0.4) is 0 Å². The summed E-state index contributed by atoms with van der Waals surface area (Å²) >= 11 is 5.99. The average molecular weight is 309 g/mol. The van der Waals surface area contributed by atoms with Gasteiger partial charge in [0.25, 0.3) is 0 Å². The molecule has 3 N–H and O–H groups in total. The Morgan fingerprint density at radius 3 is 2.71 bits per heavy atom. The van der Waals surface area contributed by atoms with E-state index < -0.39 is 11.8 Å². The summed E-state index contributed by atoms with van der Waals surface area (Å²) < 4.78 is 13.8. The maximum absolute atomic E-state index is 13.8. The molecule has 2 aromatic rings. The summed E-state index contributed by atoms with van der Waals surface area (Å²) in [5, 5.41) is 9.53. The largest absolute Gasteiger partial charge is 0.478 e. The molecule has 0 saturated carbocycles. The Morgan fingerprint density at radius 2 is 2.10 bits per heavy atom. The summed E-state index contributed by atoms with van der Waals surface area (Å²) in [5.74, 6) is -1.52. The first kappa shape index (κ1) is 15.1. The minimum absolute atomic E-state index is 0.0601. The molecule has 0 aromatic heterocycles. The number of halogens is 2. The smallest absolute Gasteiger partial charge is 0.337 e. The molecule has 2 aromatic carbocycles. The van der Waals surface area contributed by atoms with E-state index >= 15 is 0 Å². The predicted octanol–water partition coefficient (Wildman–Crippen LogP) is 3.40. The zero-order chi connectivity index (χ0) is 15.6. The number of aromatic carboxylic acids is 1. The number of nitrogens with zero attached hydrogens (tertiary/aromatic N) is 1. The monoisotopic (exact) mass is 308 g/mol. The van der Waals surface area contributed by atoms with Gasteiger partial charge in [0, 0.05) is 29.9 Å². The Balaban J connectivity index is 2.37. The quantitative estimate of drug-likeness (QED) is 0.850. The van der Waals surface area contributed by atoms with E-state index in [1.807, 2.05) is 0 Å². The molecule has 0 radical (unpaired) electrons. The van der Waals surface area contributed by atoms with Gasteiger partial charge in [0.15, 0.2) is 0 Å². The third kappa shape index (κ3) is 3.25. The van der Waals surface area contributed by atoms with Crippen LogP contribution in [-0.4, -0.2) is 18.1 Å². The fourth-order valence-corrected chi connectivity index (χ4v) is 2.29. The molecule has 2 rings (SSSR count). The van der Waals surface area contributed by atoms with Crippen LogP contribution in [0.15, 0.2) is 36.4 Å². The van der Waals surface area contributed by atoms with Gasteiger partial charge < -0.3 is 15.7 Å². The van der Waals surface area contributed by atoms with Crippen LogP contribution in [0.2, 0.25) is 5.02 Å². The van der Waals surface area contributed by atoms with Crippen molar-refractivity contribution in [3.8, 4) is 0 Å². The summed E-state index contributed by atoms with van der Waals surface area (Å²) in [7, 11) is 1.67. The molecule has 4 nitrogen and oxygen atoms in total. The highest BCUT2D eigenvalue weighted by Gasteiger charge is 2.16. The van der Waals surface area contributed by atoms with E-state index in [1.54, 1.807) is 30.1 Å². The number of carbonyl (C=O) groups is 1. The molecule has 0 amide bonds. The molecule has 0 aliphatic heterocycles. The van der Waals surface area contributed by atoms with Crippen LogP contribution in [0.5, 0.6) is 0 Å². The van der Waals surface area contributed by atoms with Crippen LogP contribution in [0, 0.1) is 5.82 Å². The van der Waals surface area contributed by atoms with Crippen LogP contribution >= 0.6 is 11.6 Å². The number of hydrogen-bond donors (Lipinski definition) is 2. The summed E-state index contributed by atoms with van der Waals surface area (Å²) in [4.78, 5) is 12.9. The third-order valence-electron chi connectivity index (χ3n) is 3.12. The summed E-state index contributed by atoms with van der Waals surface area (Å²) in [5.41, 5.74) is 6.77. The molecule has 110 valence electrons. The minimum Gasteiger partial charge on any atom is -0.478 e. The van der Waals surface area contributed by atoms with E-state index in [2.05, 4.69) is 0 Å². The fraction of sp³-hybridized carbons (Fsp3) is 0.133. The molecule has 0 spiro atoms. The molecule has 21 heavy (non-hydrogen) atoms. The highest BCUT2D eigenvalue weighted by molar-refractivity contribution is 6.31. The second kappa shape index (κ2) is 6.01. The number of hydrogen-bond acceptors (Lipinski definition) is 3. The van der Waals surface area contributed by atoms with Crippen LogP contribution < -0.4 is 10.6 Å². The molecule has 0 bridgehead atoms. The van der Waals surface area contributed by atoms with Crippen molar-refractivity contribution in [2.24, 2.45) is 0 Å². The van der Waals surface area contributed by atoms with Gasteiger partial charge in [0.05, 0.1) is 11.3 Å². The number of nitrogen functional groups attached to an aromatic ring is 1. The van der Waals surface area contributed by atoms with Crippen molar-refractivity contribution in [3.05, 3.63) is 58.4 Å². The van der Waals surface area contributed by atoms with Crippen molar-refractivity contribution >= 4 is 28.9 Å². The minimum atomic E-state index is -1.09. The van der Waals surface area contributed by atoms with Crippen molar-refractivity contribution in [1.29, 1.82) is 0 Å². The maximum atomic E-state index is 13.8. The Morgan fingerprint density at radius 1 is 1.38 bits per heavy atom. The lowest BCUT2D eigenvalue weighted by Crippen LogP contribution is -2.20. The predicted molar refractivity (Wildman–Crippen MR) is 81.3 cm³/mol. The normalized spacial score (nSPS) is 10.4. The van der Waals surface area contributed by atoms with Crippen molar-refractivity contribution in [2.75, 3.05) is 17.7 Å². The van der Waals surface area contributed by atoms with E-state index in [0.717, 1.165) is 0 Å². The fourth-order valence-electron chi connectivity index (χ4n) is 2.06. The zero-order valence-electron chi connectivity index (χ0n) is 11.3. The van der Waals surface area contributed by atoms with E-state index in [9.17, 15) is 14.3 Å². The number of carboxylic acids is 1. The first-order chi connectivity index (χ1) is 9.90. The SMILES string of the molecule is CN(Cc1c(F)cccc1Cl)c1ccc(N)cc1C(=O)O. The van der Waals surface area contributed by atoms with Crippen LogP contribution in [0.25, 0.3) is 0 Å². The van der Waals surface area contributed by atoms with Gasteiger partial charge in [-0.2, -0.15) is 0 Å². The number of rotatable bonds is 4. The van der Waals surface area contributed by atoms with E-state index in [1.165, 1.54) is 18.2 Å². The molecule has 0 saturated heterocycles. The lowest BCUT2D eigenvalue weighted by Gasteiger charge is -2.22. The Labute approximate surface area is 126 Å². The van der Waals surface area contributed by atoms with Crippen molar-refractivity contribution in [1.82, 2.24) is 0 Å². The van der Waals surface area contributed by atoms with Crippen molar-refractivity contribution in [3.63, 3.8) is 0 Å². The highest BCUT2D eigenvalue weighted by Crippen LogP contribution is 2.26. The standard InChI is InChI=1S/C15H14ClFN2O2/c1-19(8-11-12(16)3-2-4-13(11)17)14-6-5-9(18)7-10(14)15(20)21/h2-7H,8,18H2,1H3,(H,20,21). The second-order valence-corrected chi connectivity index (χ2v) is 5.05. The van der Waals surface area contributed by atoms with Crippen LogP contribution in [-0.2, 0) is 6.54 Å². The molecular weight excluding hydrogens is 295 g/mol. The van der Waals surface area contributed by atoms with E-state index in [4.69, 9.17) is 17.3 Å². The molecule has 0 aliphatic carbocycles.